The van der Waals surface area contributed by atoms with Crippen molar-refractivity contribution in [3.8, 4) is 22.8 Å². The van der Waals surface area contributed by atoms with Gasteiger partial charge in [0.05, 0.1) is 22.8 Å². The molecule has 0 unspecified atom stereocenters. The van der Waals surface area contributed by atoms with Crippen LogP contribution in [0.2, 0.25) is 0 Å². The fraction of sp³-hybridized carbons (Fsp3) is 0.436. The first-order chi connectivity index (χ1) is 26.7. The van der Waals surface area contributed by atoms with E-state index in [-0.39, 0.29) is 0 Å². The number of hydrogen-bond donors (Lipinski definition) is 5. The van der Waals surface area contributed by atoms with Gasteiger partial charge in [0.2, 0.25) is 11.9 Å². The average molecular weight is 745 g/mol. The van der Waals surface area contributed by atoms with Gasteiger partial charge in [-0.05, 0) is 81.1 Å². The van der Waals surface area contributed by atoms with Crippen molar-refractivity contribution < 1.29 is 9.59 Å². The highest BCUT2D eigenvalue weighted by molar-refractivity contribution is 5.95. The zero-order chi connectivity index (χ0) is 38.1. The van der Waals surface area contributed by atoms with Crippen LogP contribution in [0.15, 0.2) is 42.7 Å². The molecule has 2 fully saturated rings. The van der Waals surface area contributed by atoms with Crippen molar-refractivity contribution in [2.75, 3.05) is 36.8 Å². The molecule has 0 atom stereocenters. The van der Waals surface area contributed by atoms with Crippen molar-refractivity contribution in [1.29, 1.82) is 0 Å². The van der Waals surface area contributed by atoms with Crippen molar-refractivity contribution in [2.24, 2.45) is 25.6 Å². The summed E-state index contributed by atoms with van der Waals surface area (Å²) >= 11 is 0. The number of aromatic nitrogens is 8. The van der Waals surface area contributed by atoms with Gasteiger partial charge in [0.1, 0.15) is 0 Å². The molecule has 16 nitrogen and oxygen atoms in total. The van der Waals surface area contributed by atoms with Gasteiger partial charge in [-0.25, -0.2) is 19.9 Å². The third-order valence-electron chi connectivity index (χ3n) is 11.1. The van der Waals surface area contributed by atoms with Crippen LogP contribution in [0.4, 0.5) is 11.9 Å². The van der Waals surface area contributed by atoms with Gasteiger partial charge in [-0.15, -0.1) is 0 Å². The molecule has 4 aliphatic rings. The zero-order valence-electron chi connectivity index (χ0n) is 31.4. The largest absolute Gasteiger partial charge is 0.364 e. The number of fused-ring (bicyclic) bond motifs is 6. The maximum atomic E-state index is 11.8. The maximum absolute atomic E-state index is 11.8. The highest BCUT2D eigenvalue weighted by Crippen LogP contribution is 2.35. The Morgan fingerprint density at radius 2 is 1.22 bits per heavy atom. The third kappa shape index (κ3) is 7.64. The summed E-state index contributed by atoms with van der Waals surface area (Å²) in [6, 6.07) is 11.3. The molecule has 16 heteroatoms. The van der Waals surface area contributed by atoms with Gasteiger partial charge in [-0.3, -0.25) is 23.9 Å². The topological polar surface area (TPSA) is 213 Å². The standard InChI is InChI=1S/C23H27N7O.C16H21N7O/c1-29-21-18(20(28-29)22(24)31)8-7-16-13-25-23(27-19(16)21)26-17-9-11-30(12-10-17)14-15-5-3-2-4-6-15;1-23-14-11(13(22-23)15(17)24)3-2-9-8-19-16(21-12(9)14)20-10-4-6-18-7-5-10/h2-6,13,17H,7-12,14H2,1H3,(H2,24,31)(H,25,26,27);8,10,18H,2-7H2,1H3,(H2,17,24)(H,19,20,21). The molecule has 1 aromatic carbocycles. The molecular formula is C39H48N14O2. The normalized spacial score (nSPS) is 16.8. The summed E-state index contributed by atoms with van der Waals surface area (Å²) in [5.41, 5.74) is 20.4. The van der Waals surface area contributed by atoms with Crippen molar-refractivity contribution in [2.45, 2.75) is 70.0 Å². The summed E-state index contributed by atoms with van der Waals surface area (Å²) in [5, 5.41) is 18.9. The second kappa shape index (κ2) is 15.5. The lowest BCUT2D eigenvalue weighted by Crippen LogP contribution is -2.39. The number of piperidine rings is 2. The van der Waals surface area contributed by atoms with Crippen LogP contribution in [0.5, 0.6) is 0 Å². The number of amides is 2. The molecule has 6 heterocycles. The summed E-state index contributed by atoms with van der Waals surface area (Å²) < 4.78 is 3.42. The molecule has 2 saturated heterocycles. The summed E-state index contributed by atoms with van der Waals surface area (Å²) in [7, 11) is 3.65. The molecule has 2 aliphatic heterocycles. The summed E-state index contributed by atoms with van der Waals surface area (Å²) in [6.45, 7) is 5.11. The number of carbonyl (C=O) groups excluding carboxylic acids is 2. The van der Waals surface area contributed by atoms with Crippen molar-refractivity contribution in [3.63, 3.8) is 0 Å². The molecule has 5 aromatic rings. The van der Waals surface area contributed by atoms with Crippen molar-refractivity contribution in [1.82, 2.24) is 49.7 Å². The molecule has 286 valence electrons. The number of nitrogens with one attached hydrogen (secondary N) is 3. The maximum Gasteiger partial charge on any atom is 0.269 e. The summed E-state index contributed by atoms with van der Waals surface area (Å²) in [6.07, 6.45) is 11.0. The second-order valence-electron chi connectivity index (χ2n) is 14.8. The lowest BCUT2D eigenvalue weighted by atomic mass is 9.93. The Kier molecular flexibility index (Phi) is 10.2. The van der Waals surface area contributed by atoms with E-state index in [1.54, 1.807) is 9.36 Å². The number of likely N-dealkylation sites (tertiary alicyclic amines) is 1. The second-order valence-corrected chi connectivity index (χ2v) is 14.8. The molecule has 7 N–H and O–H groups in total. The minimum absolute atomic E-state index is 0.348. The third-order valence-corrected chi connectivity index (χ3v) is 11.1. The SMILES string of the molecule is Cn1nc(C(N)=O)c2c1-c1nc(NC3CCN(Cc4ccccc4)CC3)ncc1CC2.Cn1nc(C(N)=O)c2c1-c1nc(NC3CCNCC3)ncc1CC2. The molecule has 2 aliphatic carbocycles. The monoisotopic (exact) mass is 744 g/mol. The Labute approximate surface area is 319 Å². The fourth-order valence-electron chi connectivity index (χ4n) is 8.25. The lowest BCUT2D eigenvalue weighted by Gasteiger charge is -2.32. The van der Waals surface area contributed by atoms with E-state index in [9.17, 15) is 9.59 Å². The van der Waals surface area contributed by atoms with Crippen LogP contribution in [0.3, 0.4) is 0 Å². The highest BCUT2D eigenvalue weighted by Gasteiger charge is 2.30. The number of aryl methyl sites for hydroxylation is 4. The van der Waals surface area contributed by atoms with E-state index in [2.05, 4.69) is 71.3 Å². The quantitative estimate of drug-likeness (QED) is 0.155. The van der Waals surface area contributed by atoms with Crippen LogP contribution >= 0.6 is 0 Å². The van der Waals surface area contributed by atoms with Crippen molar-refractivity contribution >= 4 is 23.7 Å². The van der Waals surface area contributed by atoms with Gasteiger partial charge in [0, 0.05) is 69.3 Å². The van der Waals surface area contributed by atoms with Gasteiger partial charge in [0.25, 0.3) is 11.8 Å². The fourth-order valence-corrected chi connectivity index (χ4v) is 8.25. The van der Waals surface area contributed by atoms with E-state index in [0.717, 1.165) is 129 Å². The number of carbonyl (C=O) groups is 2. The number of nitrogens with zero attached hydrogens (tertiary/aromatic N) is 9. The zero-order valence-corrected chi connectivity index (χ0v) is 31.4. The van der Waals surface area contributed by atoms with E-state index >= 15 is 0 Å². The lowest BCUT2D eigenvalue weighted by molar-refractivity contribution is 0.0985. The Morgan fingerprint density at radius 3 is 1.71 bits per heavy atom. The van der Waals surface area contributed by atoms with Crippen molar-refractivity contribution in [3.05, 3.63) is 81.9 Å². The average Bonchev–Trinajstić information content (AvgIpc) is 3.73. The number of rotatable bonds is 8. The van der Waals surface area contributed by atoms with Gasteiger partial charge >= 0.3 is 0 Å². The number of benzene rings is 1. The van der Waals surface area contributed by atoms with E-state index in [1.807, 2.05) is 26.5 Å². The number of nitrogens with two attached hydrogens (primary N) is 2. The smallest absolute Gasteiger partial charge is 0.269 e. The van der Waals surface area contributed by atoms with Crippen LogP contribution in [-0.4, -0.2) is 94.5 Å². The Bertz CT molecular complexity index is 2200. The number of primary amides is 2. The van der Waals surface area contributed by atoms with E-state index in [4.69, 9.17) is 21.4 Å². The van der Waals surface area contributed by atoms with Crippen LogP contribution in [0.1, 0.15) is 74.5 Å². The molecule has 55 heavy (non-hydrogen) atoms. The first kappa shape index (κ1) is 36.2. The molecule has 0 saturated carbocycles. The molecule has 2 amide bonds. The highest BCUT2D eigenvalue weighted by atomic mass is 16.1. The molecule has 0 bridgehead atoms. The van der Waals surface area contributed by atoms with Gasteiger partial charge in [-0.1, -0.05) is 30.3 Å². The Morgan fingerprint density at radius 1 is 0.727 bits per heavy atom. The van der Waals surface area contributed by atoms with Gasteiger partial charge < -0.3 is 27.4 Å². The minimum Gasteiger partial charge on any atom is -0.364 e. The molecule has 0 radical (unpaired) electrons. The minimum atomic E-state index is -0.491. The Balaban J connectivity index is 0.000000160. The van der Waals surface area contributed by atoms with Gasteiger partial charge in [0.15, 0.2) is 11.4 Å². The molecule has 9 rings (SSSR count). The number of hydrogen-bond acceptors (Lipinski definition) is 12. The predicted molar refractivity (Wildman–Crippen MR) is 208 cm³/mol. The summed E-state index contributed by atoms with van der Waals surface area (Å²) in [4.78, 5) is 44.5. The van der Waals surface area contributed by atoms with Gasteiger partial charge in [-0.2, -0.15) is 10.2 Å². The van der Waals surface area contributed by atoms with E-state index in [0.29, 0.717) is 35.4 Å². The van der Waals surface area contributed by atoms with E-state index < -0.39 is 11.8 Å². The molecular weight excluding hydrogens is 697 g/mol. The first-order valence-corrected chi connectivity index (χ1v) is 19.2. The first-order valence-electron chi connectivity index (χ1n) is 19.2. The Hall–Kier alpha value is -5.74. The van der Waals surface area contributed by atoms with Crippen LogP contribution < -0.4 is 27.4 Å². The van der Waals surface area contributed by atoms with Crippen LogP contribution in [-0.2, 0) is 46.3 Å². The summed E-state index contributed by atoms with van der Waals surface area (Å²) in [5.74, 6) is 0.289. The van der Waals surface area contributed by atoms with Crippen LogP contribution in [0, 0.1) is 0 Å². The number of anilines is 2. The van der Waals surface area contributed by atoms with Crippen LogP contribution in [0.25, 0.3) is 22.8 Å². The molecule has 0 spiro atoms. The molecule has 4 aromatic heterocycles. The van der Waals surface area contributed by atoms with E-state index in [1.165, 1.54) is 5.56 Å². The predicted octanol–water partition coefficient (Wildman–Crippen LogP) is 2.39.